The van der Waals surface area contributed by atoms with E-state index in [0.29, 0.717) is 16.9 Å². The van der Waals surface area contributed by atoms with E-state index in [-0.39, 0.29) is 18.0 Å². The number of non-ortho nitro benzene ring substituents is 1. The Hall–Kier alpha value is -2.96. The van der Waals surface area contributed by atoms with Crippen LogP contribution in [0.3, 0.4) is 0 Å². The number of nitrogens with zero attached hydrogens (tertiary/aromatic N) is 2. The highest BCUT2D eigenvalue weighted by molar-refractivity contribution is 5.85. The Labute approximate surface area is 120 Å². The molecular formula is C14H12N2O5. The number of rotatable bonds is 5. The van der Waals surface area contributed by atoms with Gasteiger partial charge in [-0.05, 0) is 36.2 Å². The summed E-state index contributed by atoms with van der Waals surface area (Å²) in [5.74, 6) is -0.599. The minimum Gasteiger partial charge on any atom is -0.489 e. The molecule has 0 atom stereocenters. The fraction of sp³-hybridized carbons (Fsp3) is 0.143. The highest BCUT2D eigenvalue weighted by atomic mass is 16.6. The molecule has 0 aliphatic rings. The van der Waals surface area contributed by atoms with Crippen molar-refractivity contribution >= 4 is 11.7 Å². The number of hydrogen-bond donors (Lipinski definition) is 1. The zero-order chi connectivity index (χ0) is 15.4. The third-order valence-electron chi connectivity index (χ3n) is 2.81. The van der Waals surface area contributed by atoms with Gasteiger partial charge in [-0.25, -0.2) is 9.78 Å². The second-order valence-electron chi connectivity index (χ2n) is 4.35. The molecule has 2 rings (SSSR count). The van der Waals surface area contributed by atoms with Crippen LogP contribution in [0.5, 0.6) is 5.75 Å². The van der Waals surface area contributed by atoms with Crippen molar-refractivity contribution in [2.45, 2.75) is 13.5 Å². The van der Waals surface area contributed by atoms with Gasteiger partial charge in [0.25, 0.3) is 5.69 Å². The van der Waals surface area contributed by atoms with E-state index in [1.54, 1.807) is 13.0 Å². The summed E-state index contributed by atoms with van der Waals surface area (Å²) >= 11 is 0. The zero-order valence-corrected chi connectivity index (χ0v) is 11.1. The van der Waals surface area contributed by atoms with Crippen LogP contribution in [-0.4, -0.2) is 21.0 Å². The molecular weight excluding hydrogens is 276 g/mol. The molecule has 0 radical (unpaired) electrons. The number of carboxylic acids is 1. The monoisotopic (exact) mass is 288 g/mol. The van der Waals surface area contributed by atoms with Crippen molar-refractivity contribution in [3.05, 3.63) is 63.5 Å². The SMILES string of the molecule is Cc1cc([N+](=O)[O-])ccc1OCc1ccnc(C(=O)O)c1. The maximum Gasteiger partial charge on any atom is 0.354 e. The molecule has 0 spiro atoms. The van der Waals surface area contributed by atoms with E-state index in [9.17, 15) is 14.9 Å². The van der Waals surface area contributed by atoms with Gasteiger partial charge in [0.2, 0.25) is 0 Å². The number of pyridine rings is 1. The van der Waals surface area contributed by atoms with Gasteiger partial charge in [-0.1, -0.05) is 0 Å². The lowest BCUT2D eigenvalue weighted by molar-refractivity contribution is -0.384. The Morgan fingerprint density at radius 3 is 2.76 bits per heavy atom. The topological polar surface area (TPSA) is 103 Å². The summed E-state index contributed by atoms with van der Waals surface area (Å²) < 4.78 is 5.55. The van der Waals surface area contributed by atoms with Crippen LogP contribution in [-0.2, 0) is 6.61 Å². The number of aromatic nitrogens is 1. The molecule has 108 valence electrons. The van der Waals surface area contributed by atoms with E-state index in [1.807, 2.05) is 0 Å². The summed E-state index contributed by atoms with van der Waals surface area (Å²) in [5.41, 5.74) is 1.23. The quantitative estimate of drug-likeness (QED) is 0.670. The van der Waals surface area contributed by atoms with Crippen LogP contribution >= 0.6 is 0 Å². The third kappa shape index (κ3) is 3.53. The van der Waals surface area contributed by atoms with E-state index in [4.69, 9.17) is 9.84 Å². The normalized spacial score (nSPS) is 10.1. The van der Waals surface area contributed by atoms with Crippen LogP contribution in [0.15, 0.2) is 36.5 Å². The van der Waals surface area contributed by atoms with Crippen molar-refractivity contribution in [2.24, 2.45) is 0 Å². The first-order valence-corrected chi connectivity index (χ1v) is 6.03. The van der Waals surface area contributed by atoms with Gasteiger partial charge in [0.05, 0.1) is 4.92 Å². The summed E-state index contributed by atoms with van der Waals surface area (Å²) in [6.07, 6.45) is 1.39. The molecule has 7 nitrogen and oxygen atoms in total. The molecule has 2 aromatic rings. The molecule has 1 aromatic carbocycles. The third-order valence-corrected chi connectivity index (χ3v) is 2.81. The summed E-state index contributed by atoms with van der Waals surface area (Å²) in [6.45, 7) is 1.86. The Kier molecular flexibility index (Phi) is 4.13. The van der Waals surface area contributed by atoms with Gasteiger partial charge in [-0.2, -0.15) is 0 Å². The van der Waals surface area contributed by atoms with Gasteiger partial charge < -0.3 is 9.84 Å². The molecule has 1 aromatic heterocycles. The molecule has 0 aliphatic carbocycles. The first-order chi connectivity index (χ1) is 9.97. The first-order valence-electron chi connectivity index (χ1n) is 6.03. The zero-order valence-electron chi connectivity index (χ0n) is 11.1. The predicted molar refractivity (Wildman–Crippen MR) is 73.4 cm³/mol. The number of carboxylic acid groups (broad SMARTS) is 1. The van der Waals surface area contributed by atoms with Crippen molar-refractivity contribution in [2.75, 3.05) is 0 Å². The molecule has 7 heteroatoms. The molecule has 0 amide bonds. The molecule has 0 saturated heterocycles. The van der Waals surface area contributed by atoms with Gasteiger partial charge in [0.1, 0.15) is 18.1 Å². The number of nitro groups is 1. The smallest absolute Gasteiger partial charge is 0.354 e. The van der Waals surface area contributed by atoms with E-state index in [2.05, 4.69) is 4.98 Å². The van der Waals surface area contributed by atoms with Crippen LogP contribution in [0, 0.1) is 17.0 Å². The van der Waals surface area contributed by atoms with Gasteiger partial charge in [0.15, 0.2) is 0 Å². The second kappa shape index (κ2) is 6.00. The number of hydrogen-bond acceptors (Lipinski definition) is 5. The van der Waals surface area contributed by atoms with E-state index < -0.39 is 10.9 Å². The van der Waals surface area contributed by atoms with Crippen molar-refractivity contribution in [3.8, 4) is 5.75 Å². The average molecular weight is 288 g/mol. The Balaban J connectivity index is 2.11. The molecule has 0 fully saturated rings. The molecule has 21 heavy (non-hydrogen) atoms. The average Bonchev–Trinajstić information content (AvgIpc) is 2.46. The van der Waals surface area contributed by atoms with Gasteiger partial charge in [-0.3, -0.25) is 10.1 Å². The number of benzene rings is 1. The van der Waals surface area contributed by atoms with E-state index in [1.165, 1.54) is 30.5 Å². The number of aryl methyl sites for hydroxylation is 1. The van der Waals surface area contributed by atoms with Gasteiger partial charge >= 0.3 is 5.97 Å². The van der Waals surface area contributed by atoms with E-state index >= 15 is 0 Å². The molecule has 0 aliphatic heterocycles. The molecule has 0 unspecified atom stereocenters. The van der Waals surface area contributed by atoms with Crippen LogP contribution in [0.1, 0.15) is 21.6 Å². The highest BCUT2D eigenvalue weighted by Gasteiger charge is 2.10. The number of ether oxygens (including phenoxy) is 1. The van der Waals surface area contributed by atoms with Crippen molar-refractivity contribution in [1.29, 1.82) is 0 Å². The summed E-state index contributed by atoms with van der Waals surface area (Å²) in [4.78, 5) is 24.7. The lowest BCUT2D eigenvalue weighted by atomic mass is 10.2. The largest absolute Gasteiger partial charge is 0.489 e. The molecule has 0 saturated carbocycles. The maximum atomic E-state index is 10.8. The highest BCUT2D eigenvalue weighted by Crippen LogP contribution is 2.24. The van der Waals surface area contributed by atoms with Crippen LogP contribution in [0.2, 0.25) is 0 Å². The lowest BCUT2D eigenvalue weighted by Gasteiger charge is -2.09. The fourth-order valence-corrected chi connectivity index (χ4v) is 1.75. The van der Waals surface area contributed by atoms with Gasteiger partial charge in [0, 0.05) is 18.3 Å². The fourth-order valence-electron chi connectivity index (χ4n) is 1.75. The van der Waals surface area contributed by atoms with Crippen molar-refractivity contribution in [3.63, 3.8) is 0 Å². The first kappa shape index (κ1) is 14.4. The summed E-state index contributed by atoms with van der Waals surface area (Å²) in [6, 6.07) is 7.37. The van der Waals surface area contributed by atoms with Crippen LogP contribution in [0.25, 0.3) is 0 Å². The van der Waals surface area contributed by atoms with E-state index in [0.717, 1.165) is 0 Å². The minimum atomic E-state index is -1.11. The van der Waals surface area contributed by atoms with Crippen molar-refractivity contribution in [1.82, 2.24) is 4.98 Å². The number of nitro benzene ring substituents is 1. The van der Waals surface area contributed by atoms with Crippen LogP contribution < -0.4 is 4.74 Å². The molecule has 1 heterocycles. The molecule has 0 bridgehead atoms. The van der Waals surface area contributed by atoms with Crippen molar-refractivity contribution < 1.29 is 19.6 Å². The number of carbonyl (C=O) groups is 1. The molecule has 1 N–H and O–H groups in total. The maximum absolute atomic E-state index is 10.8. The summed E-state index contributed by atoms with van der Waals surface area (Å²) in [7, 11) is 0. The number of aromatic carboxylic acids is 1. The Morgan fingerprint density at radius 1 is 1.38 bits per heavy atom. The Bertz CT molecular complexity index is 700. The lowest BCUT2D eigenvalue weighted by Crippen LogP contribution is -2.03. The predicted octanol–water partition coefficient (Wildman–Crippen LogP) is 2.58. The van der Waals surface area contributed by atoms with Gasteiger partial charge in [-0.15, -0.1) is 0 Å². The summed E-state index contributed by atoms with van der Waals surface area (Å²) in [5, 5.41) is 19.5. The van der Waals surface area contributed by atoms with Crippen LogP contribution in [0.4, 0.5) is 5.69 Å². The second-order valence-corrected chi connectivity index (χ2v) is 4.35. The Morgan fingerprint density at radius 2 is 2.14 bits per heavy atom. The minimum absolute atomic E-state index is 0.00285. The standard InChI is InChI=1S/C14H12N2O5/c1-9-6-11(16(19)20)2-3-13(9)21-8-10-4-5-15-12(7-10)14(17)18/h2-7H,8H2,1H3,(H,17,18).